The van der Waals surface area contributed by atoms with Crippen LogP contribution in [0.25, 0.3) is 0 Å². The lowest BCUT2D eigenvalue weighted by atomic mass is 9.95. The minimum atomic E-state index is -0.114. The van der Waals surface area contributed by atoms with Crippen molar-refractivity contribution in [2.75, 3.05) is 49.9 Å². The van der Waals surface area contributed by atoms with Crippen molar-refractivity contribution < 1.29 is 9.59 Å². The molecule has 2 saturated heterocycles. The highest BCUT2D eigenvalue weighted by atomic mass is 16.2. The summed E-state index contributed by atoms with van der Waals surface area (Å²) in [4.78, 5) is 32.0. The molecule has 0 saturated carbocycles. The number of carbonyl (C=O) groups excluding carboxylic acids is 2. The van der Waals surface area contributed by atoms with Crippen LogP contribution in [0.1, 0.15) is 23.2 Å². The number of hydrogen-bond donors (Lipinski definition) is 1. The number of piperidine rings is 1. The number of carbonyl (C=O) groups is 2. The quantitative estimate of drug-likeness (QED) is 0.815. The Morgan fingerprint density at radius 2 is 1.62 bits per heavy atom. The molecule has 0 bridgehead atoms. The van der Waals surface area contributed by atoms with Gasteiger partial charge in [0.25, 0.3) is 5.91 Å². The second-order valence-electron chi connectivity index (χ2n) is 7.86. The van der Waals surface area contributed by atoms with Crippen LogP contribution in [-0.4, -0.2) is 60.9 Å². The lowest BCUT2D eigenvalue weighted by Gasteiger charge is -2.39. The molecular weight excluding hydrogens is 364 g/mol. The van der Waals surface area contributed by atoms with E-state index < -0.39 is 0 Å². The van der Waals surface area contributed by atoms with Gasteiger partial charge in [-0.3, -0.25) is 9.59 Å². The first kappa shape index (κ1) is 19.3. The van der Waals surface area contributed by atoms with Gasteiger partial charge in [0.2, 0.25) is 5.91 Å². The second-order valence-corrected chi connectivity index (χ2v) is 7.86. The Labute approximate surface area is 171 Å². The molecule has 2 aromatic carbocycles. The number of benzene rings is 2. The van der Waals surface area contributed by atoms with Gasteiger partial charge in [0.05, 0.1) is 5.92 Å². The molecule has 0 aromatic heterocycles. The maximum absolute atomic E-state index is 13.1. The Hall–Kier alpha value is -3.02. The molecule has 2 amide bonds. The molecule has 0 radical (unpaired) electrons. The third-order valence-electron chi connectivity index (χ3n) is 5.90. The van der Waals surface area contributed by atoms with E-state index in [-0.39, 0.29) is 17.7 Å². The molecule has 2 aromatic rings. The lowest BCUT2D eigenvalue weighted by molar-refractivity contribution is -0.137. The Balaban J connectivity index is 1.35. The van der Waals surface area contributed by atoms with Gasteiger partial charge in [-0.05, 0) is 43.2 Å². The number of anilines is 2. The highest BCUT2D eigenvalue weighted by Crippen LogP contribution is 2.23. The van der Waals surface area contributed by atoms with Crippen LogP contribution < -0.4 is 10.6 Å². The standard InChI is InChI=1S/C23H28N4O2/c24-20-8-4-6-18(16-20)22(28)27-11-5-7-19(17-27)23(29)26-14-12-25(13-15-26)21-9-2-1-3-10-21/h1-4,6,8-10,16,19H,5,7,11-15,17,24H2. The van der Waals surface area contributed by atoms with Crippen molar-refractivity contribution >= 4 is 23.2 Å². The average molecular weight is 393 g/mol. The van der Waals surface area contributed by atoms with Gasteiger partial charge in [-0.2, -0.15) is 0 Å². The normalized spacial score (nSPS) is 19.9. The van der Waals surface area contributed by atoms with Crippen molar-refractivity contribution in [2.45, 2.75) is 12.8 Å². The summed E-state index contributed by atoms with van der Waals surface area (Å²) in [6.45, 7) is 4.33. The number of piperazine rings is 1. The van der Waals surface area contributed by atoms with Gasteiger partial charge in [-0.25, -0.2) is 0 Å². The molecule has 2 heterocycles. The minimum Gasteiger partial charge on any atom is -0.399 e. The Morgan fingerprint density at radius 1 is 0.862 bits per heavy atom. The molecule has 2 aliphatic heterocycles. The van der Waals surface area contributed by atoms with E-state index in [2.05, 4.69) is 17.0 Å². The highest BCUT2D eigenvalue weighted by molar-refractivity contribution is 5.95. The fourth-order valence-corrected chi connectivity index (χ4v) is 4.30. The summed E-state index contributed by atoms with van der Waals surface area (Å²) in [6, 6.07) is 17.4. The van der Waals surface area contributed by atoms with E-state index in [1.807, 2.05) is 23.1 Å². The van der Waals surface area contributed by atoms with Gasteiger partial charge in [-0.1, -0.05) is 24.3 Å². The number of hydrogen-bond acceptors (Lipinski definition) is 4. The zero-order valence-corrected chi connectivity index (χ0v) is 16.7. The van der Waals surface area contributed by atoms with Gasteiger partial charge < -0.3 is 20.4 Å². The zero-order valence-electron chi connectivity index (χ0n) is 16.7. The van der Waals surface area contributed by atoms with Gasteiger partial charge in [0.1, 0.15) is 0 Å². The summed E-state index contributed by atoms with van der Waals surface area (Å²) in [5, 5.41) is 0. The average Bonchev–Trinajstić information content (AvgIpc) is 2.79. The van der Waals surface area contributed by atoms with Crippen LogP contribution in [0.3, 0.4) is 0 Å². The topological polar surface area (TPSA) is 69.9 Å². The number of nitrogens with zero attached hydrogens (tertiary/aromatic N) is 3. The van der Waals surface area contributed by atoms with Gasteiger partial charge in [0.15, 0.2) is 0 Å². The fourth-order valence-electron chi connectivity index (χ4n) is 4.30. The Kier molecular flexibility index (Phi) is 5.69. The second kappa shape index (κ2) is 8.55. The monoisotopic (exact) mass is 392 g/mol. The van der Waals surface area contributed by atoms with Crippen LogP contribution in [0.2, 0.25) is 0 Å². The van der Waals surface area contributed by atoms with Crippen LogP contribution in [0.4, 0.5) is 11.4 Å². The summed E-state index contributed by atoms with van der Waals surface area (Å²) < 4.78 is 0. The van der Waals surface area contributed by atoms with E-state index in [9.17, 15) is 9.59 Å². The van der Waals surface area contributed by atoms with E-state index in [1.165, 1.54) is 5.69 Å². The highest BCUT2D eigenvalue weighted by Gasteiger charge is 2.33. The molecule has 1 atom stereocenters. The predicted octanol–water partition coefficient (Wildman–Crippen LogP) is 2.47. The van der Waals surface area contributed by atoms with Crippen LogP contribution in [0.15, 0.2) is 54.6 Å². The van der Waals surface area contributed by atoms with Crippen LogP contribution in [0, 0.1) is 5.92 Å². The number of para-hydroxylation sites is 1. The SMILES string of the molecule is Nc1cccc(C(=O)N2CCCC(C(=O)N3CCN(c4ccccc4)CC3)C2)c1. The molecule has 2 aliphatic rings. The first-order chi connectivity index (χ1) is 14.1. The van der Waals surface area contributed by atoms with Gasteiger partial charge >= 0.3 is 0 Å². The summed E-state index contributed by atoms with van der Waals surface area (Å²) in [5.41, 5.74) is 8.19. The maximum atomic E-state index is 13.1. The molecule has 0 aliphatic carbocycles. The summed E-state index contributed by atoms with van der Waals surface area (Å²) >= 11 is 0. The van der Waals surface area contributed by atoms with Crippen LogP contribution in [0.5, 0.6) is 0 Å². The third-order valence-corrected chi connectivity index (χ3v) is 5.90. The molecule has 2 N–H and O–H groups in total. The molecule has 4 rings (SSSR count). The fraction of sp³-hybridized carbons (Fsp3) is 0.391. The van der Waals surface area contributed by atoms with Crippen molar-refractivity contribution in [3.63, 3.8) is 0 Å². The Bertz CT molecular complexity index is 862. The molecule has 6 heteroatoms. The largest absolute Gasteiger partial charge is 0.399 e. The number of likely N-dealkylation sites (tertiary alicyclic amines) is 1. The zero-order chi connectivity index (χ0) is 20.2. The van der Waals surface area contributed by atoms with Crippen molar-refractivity contribution in [2.24, 2.45) is 5.92 Å². The summed E-state index contributed by atoms with van der Waals surface area (Å²) in [5.74, 6) is 0.0310. The molecular formula is C23H28N4O2. The van der Waals surface area contributed by atoms with Gasteiger partial charge in [0, 0.05) is 56.2 Å². The molecule has 29 heavy (non-hydrogen) atoms. The Morgan fingerprint density at radius 3 is 2.34 bits per heavy atom. The maximum Gasteiger partial charge on any atom is 0.253 e. The van der Waals surface area contributed by atoms with E-state index >= 15 is 0 Å². The molecule has 0 spiro atoms. The van der Waals surface area contributed by atoms with Crippen molar-refractivity contribution in [3.8, 4) is 0 Å². The number of nitrogen functional groups attached to an aromatic ring is 1. The van der Waals surface area contributed by atoms with E-state index in [4.69, 9.17) is 5.73 Å². The van der Waals surface area contributed by atoms with Crippen LogP contribution >= 0.6 is 0 Å². The third kappa shape index (κ3) is 4.36. The number of nitrogens with two attached hydrogens (primary N) is 1. The predicted molar refractivity (Wildman–Crippen MR) is 115 cm³/mol. The van der Waals surface area contributed by atoms with Crippen LogP contribution in [-0.2, 0) is 4.79 Å². The number of amides is 2. The molecule has 1 unspecified atom stereocenters. The molecule has 2 fully saturated rings. The van der Waals surface area contributed by atoms with Crippen molar-refractivity contribution in [1.82, 2.24) is 9.80 Å². The smallest absolute Gasteiger partial charge is 0.253 e. The van der Waals surface area contributed by atoms with E-state index in [1.54, 1.807) is 29.2 Å². The van der Waals surface area contributed by atoms with Crippen molar-refractivity contribution in [1.29, 1.82) is 0 Å². The van der Waals surface area contributed by atoms with E-state index in [0.29, 0.717) is 24.3 Å². The van der Waals surface area contributed by atoms with Crippen molar-refractivity contribution in [3.05, 3.63) is 60.2 Å². The molecule has 152 valence electrons. The molecule has 6 nitrogen and oxygen atoms in total. The first-order valence-corrected chi connectivity index (χ1v) is 10.4. The van der Waals surface area contributed by atoms with Gasteiger partial charge in [-0.15, -0.1) is 0 Å². The first-order valence-electron chi connectivity index (χ1n) is 10.4. The summed E-state index contributed by atoms with van der Waals surface area (Å²) in [6.07, 6.45) is 1.70. The number of rotatable bonds is 3. The van der Waals surface area contributed by atoms with E-state index in [0.717, 1.165) is 39.0 Å². The lowest BCUT2D eigenvalue weighted by Crippen LogP contribution is -2.53. The minimum absolute atomic E-state index is 0.0382. The summed E-state index contributed by atoms with van der Waals surface area (Å²) in [7, 11) is 0.